The second-order valence-electron chi connectivity index (χ2n) is 5.26. The summed E-state index contributed by atoms with van der Waals surface area (Å²) in [4.78, 5) is 8.22. The number of aromatic nitrogens is 4. The number of pyridine rings is 1. The maximum atomic E-state index is 13.7. The molecule has 0 radical (unpaired) electrons. The molecule has 0 fully saturated rings. The standard InChI is InChI=1S/C16H15F2N7/c1-25-9-22-16(24-25)23-15-5-14(11(6-19)8-21-15)20-7-10-4-12(17)2-3-13(10)18/h2-6,8-9,19H,7H2,1H3,(H2,20,21,23,24). The largest absolute Gasteiger partial charge is 0.380 e. The van der Waals surface area contributed by atoms with Crippen molar-refractivity contribution in [2.24, 2.45) is 7.05 Å². The highest BCUT2D eigenvalue weighted by Crippen LogP contribution is 2.20. The van der Waals surface area contributed by atoms with Crippen LogP contribution in [0.4, 0.5) is 26.2 Å². The minimum atomic E-state index is -0.510. The smallest absolute Gasteiger partial charge is 0.247 e. The lowest BCUT2D eigenvalue weighted by Gasteiger charge is -2.12. The molecular weight excluding hydrogens is 328 g/mol. The molecular formula is C16H15F2N7. The van der Waals surface area contributed by atoms with E-state index in [0.717, 1.165) is 24.4 Å². The molecule has 0 saturated heterocycles. The van der Waals surface area contributed by atoms with Crippen molar-refractivity contribution in [3.8, 4) is 0 Å². The summed E-state index contributed by atoms with van der Waals surface area (Å²) in [5.41, 5.74) is 1.25. The molecule has 3 rings (SSSR count). The van der Waals surface area contributed by atoms with Crippen molar-refractivity contribution >= 4 is 23.7 Å². The molecule has 0 saturated carbocycles. The van der Waals surface area contributed by atoms with E-state index in [9.17, 15) is 8.78 Å². The summed E-state index contributed by atoms with van der Waals surface area (Å²) >= 11 is 0. The summed E-state index contributed by atoms with van der Waals surface area (Å²) in [6.07, 6.45) is 4.16. The van der Waals surface area contributed by atoms with Gasteiger partial charge in [0.2, 0.25) is 5.95 Å². The molecule has 0 amide bonds. The van der Waals surface area contributed by atoms with Gasteiger partial charge in [-0.3, -0.25) is 4.68 Å². The first-order valence-corrected chi connectivity index (χ1v) is 7.36. The summed E-state index contributed by atoms with van der Waals surface area (Å²) < 4.78 is 28.5. The molecule has 0 aliphatic carbocycles. The summed E-state index contributed by atoms with van der Waals surface area (Å²) in [6.45, 7) is 0.0652. The van der Waals surface area contributed by atoms with Crippen LogP contribution in [0.15, 0.2) is 36.8 Å². The van der Waals surface area contributed by atoms with Crippen LogP contribution in [0.25, 0.3) is 0 Å². The Balaban J connectivity index is 1.80. The van der Waals surface area contributed by atoms with Gasteiger partial charge in [-0.2, -0.15) is 0 Å². The molecule has 9 heteroatoms. The van der Waals surface area contributed by atoms with Crippen LogP contribution >= 0.6 is 0 Å². The van der Waals surface area contributed by atoms with E-state index in [4.69, 9.17) is 5.41 Å². The Labute approximate surface area is 142 Å². The third-order valence-corrected chi connectivity index (χ3v) is 3.41. The van der Waals surface area contributed by atoms with Crippen LogP contribution in [0.5, 0.6) is 0 Å². The van der Waals surface area contributed by atoms with Gasteiger partial charge in [-0.05, 0) is 18.2 Å². The van der Waals surface area contributed by atoms with Gasteiger partial charge in [0.1, 0.15) is 23.8 Å². The lowest BCUT2D eigenvalue weighted by molar-refractivity contribution is 0.587. The zero-order chi connectivity index (χ0) is 17.8. The molecule has 0 aliphatic rings. The van der Waals surface area contributed by atoms with Crippen LogP contribution in [-0.4, -0.2) is 26.0 Å². The zero-order valence-electron chi connectivity index (χ0n) is 13.3. The number of rotatable bonds is 6. The van der Waals surface area contributed by atoms with E-state index in [1.165, 1.54) is 6.20 Å². The van der Waals surface area contributed by atoms with Crippen molar-refractivity contribution < 1.29 is 8.78 Å². The molecule has 7 nitrogen and oxygen atoms in total. The number of benzene rings is 1. The van der Waals surface area contributed by atoms with Gasteiger partial charge in [-0.1, -0.05) is 0 Å². The van der Waals surface area contributed by atoms with Crippen LogP contribution in [0.2, 0.25) is 0 Å². The van der Waals surface area contributed by atoms with Crippen molar-refractivity contribution in [2.75, 3.05) is 10.6 Å². The van der Waals surface area contributed by atoms with Gasteiger partial charge in [-0.15, -0.1) is 5.10 Å². The molecule has 0 bridgehead atoms. The van der Waals surface area contributed by atoms with E-state index in [2.05, 4.69) is 25.7 Å². The highest BCUT2D eigenvalue weighted by molar-refractivity contribution is 5.86. The Kier molecular flexibility index (Phi) is 4.64. The van der Waals surface area contributed by atoms with E-state index in [1.54, 1.807) is 24.1 Å². The summed E-state index contributed by atoms with van der Waals surface area (Å²) in [6, 6.07) is 4.92. The third kappa shape index (κ3) is 3.94. The fourth-order valence-electron chi connectivity index (χ4n) is 2.18. The molecule has 25 heavy (non-hydrogen) atoms. The Morgan fingerprint density at radius 1 is 1.24 bits per heavy atom. The van der Waals surface area contributed by atoms with Crippen LogP contribution in [0, 0.1) is 17.0 Å². The SMILES string of the molecule is Cn1cnc(Nc2cc(NCc3cc(F)ccc3F)c(C=N)cn2)n1. The van der Waals surface area contributed by atoms with Gasteiger partial charge in [-0.25, -0.2) is 18.7 Å². The topological polar surface area (TPSA) is 91.5 Å². The molecule has 2 heterocycles. The number of nitrogens with one attached hydrogen (secondary N) is 3. The van der Waals surface area contributed by atoms with Gasteiger partial charge in [0.15, 0.2) is 0 Å². The van der Waals surface area contributed by atoms with E-state index >= 15 is 0 Å². The molecule has 1 aromatic carbocycles. The molecule has 0 atom stereocenters. The van der Waals surface area contributed by atoms with Crippen molar-refractivity contribution in [1.29, 1.82) is 5.41 Å². The monoisotopic (exact) mass is 343 g/mol. The molecule has 128 valence electrons. The lowest BCUT2D eigenvalue weighted by Crippen LogP contribution is -2.06. The fraction of sp³-hybridized carbons (Fsp3) is 0.125. The maximum absolute atomic E-state index is 13.7. The van der Waals surface area contributed by atoms with E-state index < -0.39 is 11.6 Å². The highest BCUT2D eigenvalue weighted by atomic mass is 19.1. The van der Waals surface area contributed by atoms with Crippen LogP contribution in [0.3, 0.4) is 0 Å². The van der Waals surface area contributed by atoms with Gasteiger partial charge in [0, 0.05) is 48.9 Å². The predicted octanol–water partition coefficient (Wildman–Crippen LogP) is 2.84. The number of hydrogen-bond acceptors (Lipinski definition) is 6. The Morgan fingerprint density at radius 3 is 2.80 bits per heavy atom. The maximum Gasteiger partial charge on any atom is 0.247 e. The minimum absolute atomic E-state index is 0.0652. The second-order valence-corrected chi connectivity index (χ2v) is 5.26. The molecule has 3 N–H and O–H groups in total. The first-order chi connectivity index (χ1) is 12.0. The Morgan fingerprint density at radius 2 is 2.08 bits per heavy atom. The van der Waals surface area contributed by atoms with Gasteiger partial charge < -0.3 is 16.0 Å². The van der Waals surface area contributed by atoms with Gasteiger partial charge in [0.25, 0.3) is 0 Å². The van der Waals surface area contributed by atoms with E-state index in [1.807, 2.05) is 0 Å². The van der Waals surface area contributed by atoms with Crippen molar-refractivity contribution in [1.82, 2.24) is 19.7 Å². The molecule has 0 unspecified atom stereocenters. The van der Waals surface area contributed by atoms with Crippen LogP contribution < -0.4 is 10.6 Å². The van der Waals surface area contributed by atoms with E-state index in [0.29, 0.717) is 23.0 Å². The van der Waals surface area contributed by atoms with Crippen LogP contribution in [-0.2, 0) is 13.6 Å². The number of hydrogen-bond donors (Lipinski definition) is 3. The summed E-state index contributed by atoms with van der Waals surface area (Å²) in [5, 5.41) is 17.5. The second kappa shape index (κ2) is 7.04. The predicted molar refractivity (Wildman–Crippen MR) is 90.1 cm³/mol. The normalized spacial score (nSPS) is 10.5. The number of nitrogens with zero attached hydrogens (tertiary/aromatic N) is 4. The summed E-state index contributed by atoms with van der Waals surface area (Å²) in [7, 11) is 1.74. The average molecular weight is 343 g/mol. The molecule has 2 aromatic heterocycles. The Bertz CT molecular complexity index is 907. The van der Waals surface area contributed by atoms with Crippen molar-refractivity contribution in [2.45, 2.75) is 6.54 Å². The van der Waals surface area contributed by atoms with Gasteiger partial charge >= 0.3 is 0 Å². The van der Waals surface area contributed by atoms with Crippen molar-refractivity contribution in [3.05, 3.63) is 59.6 Å². The first-order valence-electron chi connectivity index (χ1n) is 7.36. The number of anilines is 3. The third-order valence-electron chi connectivity index (χ3n) is 3.41. The van der Waals surface area contributed by atoms with Gasteiger partial charge in [0.05, 0.1) is 0 Å². The van der Waals surface area contributed by atoms with Crippen LogP contribution in [0.1, 0.15) is 11.1 Å². The lowest BCUT2D eigenvalue weighted by atomic mass is 10.2. The highest BCUT2D eigenvalue weighted by Gasteiger charge is 2.08. The average Bonchev–Trinajstić information content (AvgIpc) is 3.00. The molecule has 3 aromatic rings. The Hall–Kier alpha value is -3.36. The number of halogens is 2. The fourth-order valence-corrected chi connectivity index (χ4v) is 2.18. The molecule has 0 spiro atoms. The first kappa shape index (κ1) is 16.5. The quantitative estimate of drug-likeness (QED) is 0.599. The summed E-state index contributed by atoms with van der Waals surface area (Å²) in [5.74, 6) is -0.182. The number of aryl methyl sites for hydroxylation is 1. The molecule has 0 aliphatic heterocycles. The van der Waals surface area contributed by atoms with E-state index in [-0.39, 0.29) is 12.1 Å². The zero-order valence-corrected chi connectivity index (χ0v) is 13.3. The minimum Gasteiger partial charge on any atom is -0.380 e. The van der Waals surface area contributed by atoms with Crippen molar-refractivity contribution in [3.63, 3.8) is 0 Å².